The quantitative estimate of drug-likeness (QED) is 0.395. The third-order valence-corrected chi connectivity index (χ3v) is 6.41. The maximum atomic E-state index is 13.0. The van der Waals surface area contributed by atoms with Crippen molar-refractivity contribution in [1.82, 2.24) is 0 Å². The lowest BCUT2D eigenvalue weighted by Crippen LogP contribution is -2.33. The van der Waals surface area contributed by atoms with Crippen LogP contribution in [0.15, 0.2) is 48.5 Å². The van der Waals surface area contributed by atoms with Crippen LogP contribution >= 0.6 is 0 Å². The van der Waals surface area contributed by atoms with Crippen LogP contribution in [0.5, 0.6) is 11.5 Å². The van der Waals surface area contributed by atoms with Crippen molar-refractivity contribution in [1.29, 1.82) is 5.26 Å². The number of ether oxygens (including phenoxy) is 2. The standard InChI is InChI=1S/C29H31N3O3/c1-6-31-24-15-26-22(13-18(24)4)29(17-30,21-12-10-9-11-20(21)28(33)34-8-3)23-14-19(5)25(32-7-2)16-27(23)35-26/h9-16,31-32H,6-8H2,1-5H3. The van der Waals surface area contributed by atoms with Gasteiger partial charge in [0.2, 0.25) is 0 Å². The number of nitrogens with zero attached hydrogens (tertiary/aromatic N) is 1. The molecule has 6 nitrogen and oxygen atoms in total. The maximum Gasteiger partial charge on any atom is 0.338 e. The second-order valence-corrected chi connectivity index (χ2v) is 8.62. The van der Waals surface area contributed by atoms with Crippen LogP contribution in [0.1, 0.15) is 58.9 Å². The van der Waals surface area contributed by atoms with Crippen LogP contribution in [0.25, 0.3) is 0 Å². The van der Waals surface area contributed by atoms with Crippen LogP contribution in [0.4, 0.5) is 11.4 Å². The molecule has 2 N–H and O–H groups in total. The first kappa shape index (κ1) is 24.2. The van der Waals surface area contributed by atoms with E-state index in [1.807, 2.05) is 64.1 Å². The molecule has 0 spiro atoms. The minimum atomic E-state index is -1.27. The molecule has 3 aromatic rings. The number of hydrogen-bond donors (Lipinski definition) is 2. The predicted molar refractivity (Wildman–Crippen MR) is 139 cm³/mol. The highest BCUT2D eigenvalue weighted by Gasteiger charge is 2.47. The van der Waals surface area contributed by atoms with Crippen molar-refractivity contribution in [2.75, 3.05) is 30.3 Å². The molecular weight excluding hydrogens is 438 g/mol. The molecule has 0 atom stereocenters. The number of fused-ring (bicyclic) bond motifs is 2. The van der Waals surface area contributed by atoms with Gasteiger partial charge in [0.25, 0.3) is 0 Å². The summed E-state index contributed by atoms with van der Waals surface area (Å²) in [5, 5.41) is 17.7. The van der Waals surface area contributed by atoms with Crippen molar-refractivity contribution in [2.24, 2.45) is 0 Å². The van der Waals surface area contributed by atoms with Crippen molar-refractivity contribution in [3.05, 3.63) is 81.9 Å². The van der Waals surface area contributed by atoms with Crippen molar-refractivity contribution < 1.29 is 14.3 Å². The summed E-state index contributed by atoms with van der Waals surface area (Å²) >= 11 is 0. The van der Waals surface area contributed by atoms with Gasteiger partial charge in [-0.25, -0.2) is 4.79 Å². The molecule has 0 saturated carbocycles. The van der Waals surface area contributed by atoms with Gasteiger partial charge < -0.3 is 20.1 Å². The highest BCUT2D eigenvalue weighted by atomic mass is 16.5. The Kier molecular flexibility index (Phi) is 6.70. The second kappa shape index (κ2) is 9.71. The van der Waals surface area contributed by atoms with Gasteiger partial charge in [-0.3, -0.25) is 0 Å². The number of nitriles is 1. The third-order valence-electron chi connectivity index (χ3n) is 6.41. The zero-order valence-corrected chi connectivity index (χ0v) is 20.9. The minimum absolute atomic E-state index is 0.249. The van der Waals surface area contributed by atoms with E-state index in [0.29, 0.717) is 33.8 Å². The molecule has 0 fully saturated rings. The largest absolute Gasteiger partial charge is 0.462 e. The molecule has 3 aromatic carbocycles. The van der Waals surface area contributed by atoms with Crippen LogP contribution in [0, 0.1) is 25.2 Å². The summed E-state index contributed by atoms with van der Waals surface area (Å²) in [5.41, 5.74) is 4.97. The van der Waals surface area contributed by atoms with Gasteiger partial charge in [-0.1, -0.05) is 18.2 Å². The maximum absolute atomic E-state index is 13.0. The Bertz CT molecular complexity index is 1260. The van der Waals surface area contributed by atoms with E-state index in [4.69, 9.17) is 9.47 Å². The topological polar surface area (TPSA) is 83.4 Å². The minimum Gasteiger partial charge on any atom is -0.462 e. The molecule has 0 unspecified atom stereocenters. The van der Waals surface area contributed by atoms with E-state index in [-0.39, 0.29) is 6.61 Å². The first-order chi connectivity index (χ1) is 16.9. The van der Waals surface area contributed by atoms with Gasteiger partial charge in [-0.2, -0.15) is 5.26 Å². The molecule has 1 aliphatic rings. The van der Waals surface area contributed by atoms with Gasteiger partial charge in [0.1, 0.15) is 16.9 Å². The monoisotopic (exact) mass is 469 g/mol. The fraction of sp³-hybridized carbons (Fsp3) is 0.310. The van der Waals surface area contributed by atoms with Crippen LogP contribution in [-0.2, 0) is 10.2 Å². The Morgan fingerprint density at radius 2 is 1.46 bits per heavy atom. The van der Waals surface area contributed by atoms with E-state index in [1.54, 1.807) is 19.1 Å². The van der Waals surface area contributed by atoms with E-state index < -0.39 is 11.4 Å². The van der Waals surface area contributed by atoms with Crippen molar-refractivity contribution in [2.45, 2.75) is 40.0 Å². The molecule has 35 heavy (non-hydrogen) atoms. The summed E-state index contributed by atoms with van der Waals surface area (Å²) < 4.78 is 11.8. The van der Waals surface area contributed by atoms with Gasteiger partial charge >= 0.3 is 5.97 Å². The Morgan fingerprint density at radius 3 is 1.94 bits per heavy atom. The number of nitrogens with one attached hydrogen (secondary N) is 2. The molecule has 1 heterocycles. The van der Waals surface area contributed by atoms with Gasteiger partial charge in [-0.05, 0) is 69.5 Å². The average molecular weight is 470 g/mol. The van der Waals surface area contributed by atoms with E-state index in [9.17, 15) is 10.1 Å². The van der Waals surface area contributed by atoms with E-state index in [1.165, 1.54) is 0 Å². The van der Waals surface area contributed by atoms with Gasteiger partial charge in [0.05, 0.1) is 18.2 Å². The number of esters is 1. The molecule has 1 aliphatic heterocycles. The SMILES string of the molecule is CCNc1cc2c(cc1C)C(C#N)(c1ccccc1C(=O)OCC)c1cc(C)c(NCC)cc1O2. The number of anilines is 2. The summed E-state index contributed by atoms with van der Waals surface area (Å²) in [5.74, 6) is 0.727. The number of aryl methyl sites for hydroxylation is 2. The predicted octanol–water partition coefficient (Wildman–Crippen LogP) is 6.31. The van der Waals surface area contributed by atoms with Crippen LogP contribution in [0.3, 0.4) is 0 Å². The first-order valence-electron chi connectivity index (χ1n) is 12.0. The number of carbonyl (C=O) groups is 1. The first-order valence-corrected chi connectivity index (χ1v) is 12.0. The molecule has 0 aliphatic carbocycles. The van der Waals surface area contributed by atoms with E-state index in [0.717, 1.165) is 35.6 Å². The van der Waals surface area contributed by atoms with Gasteiger partial charge in [0.15, 0.2) is 0 Å². The number of hydrogen-bond acceptors (Lipinski definition) is 6. The Hall–Kier alpha value is -3.98. The summed E-state index contributed by atoms with van der Waals surface area (Å²) in [6, 6.07) is 17.7. The average Bonchev–Trinajstić information content (AvgIpc) is 2.85. The number of benzene rings is 3. The fourth-order valence-electron chi connectivity index (χ4n) is 4.82. The summed E-state index contributed by atoms with van der Waals surface area (Å²) in [6.45, 7) is 11.6. The normalized spacial score (nSPS) is 13.0. The number of carbonyl (C=O) groups excluding carboxylic acids is 1. The molecule has 0 radical (unpaired) electrons. The third kappa shape index (κ3) is 3.97. The van der Waals surface area contributed by atoms with Crippen LogP contribution in [-0.4, -0.2) is 25.7 Å². The number of rotatable bonds is 7. The lowest BCUT2D eigenvalue weighted by Gasteiger charge is -2.37. The molecular formula is C29H31N3O3. The van der Waals surface area contributed by atoms with Crippen molar-refractivity contribution in [3.8, 4) is 17.6 Å². The van der Waals surface area contributed by atoms with Crippen molar-refractivity contribution >= 4 is 17.3 Å². The summed E-state index contributed by atoms with van der Waals surface area (Å²) in [4.78, 5) is 13.0. The highest BCUT2D eigenvalue weighted by Crippen LogP contribution is 2.54. The molecule has 0 bridgehead atoms. The van der Waals surface area contributed by atoms with Crippen LogP contribution < -0.4 is 15.4 Å². The molecule has 180 valence electrons. The Morgan fingerprint density at radius 1 is 0.914 bits per heavy atom. The smallest absolute Gasteiger partial charge is 0.338 e. The lowest BCUT2D eigenvalue weighted by atomic mass is 9.67. The lowest BCUT2D eigenvalue weighted by molar-refractivity contribution is 0.0524. The van der Waals surface area contributed by atoms with E-state index in [2.05, 4.69) is 16.7 Å². The van der Waals surface area contributed by atoms with E-state index >= 15 is 0 Å². The van der Waals surface area contributed by atoms with Crippen molar-refractivity contribution in [3.63, 3.8) is 0 Å². The second-order valence-electron chi connectivity index (χ2n) is 8.62. The molecule has 6 heteroatoms. The summed E-state index contributed by atoms with van der Waals surface area (Å²) in [7, 11) is 0. The van der Waals surface area contributed by atoms with Gasteiger partial charge in [-0.15, -0.1) is 0 Å². The molecule has 0 amide bonds. The Labute approximate surface area is 206 Å². The molecule has 0 saturated heterocycles. The zero-order valence-electron chi connectivity index (χ0n) is 20.9. The van der Waals surface area contributed by atoms with Crippen LogP contribution in [0.2, 0.25) is 0 Å². The molecule has 4 rings (SSSR count). The molecule has 0 aromatic heterocycles. The summed E-state index contributed by atoms with van der Waals surface area (Å²) in [6.07, 6.45) is 0. The van der Waals surface area contributed by atoms with Gasteiger partial charge in [0, 0.05) is 47.7 Å². The Balaban J connectivity index is 2.10. The zero-order chi connectivity index (χ0) is 25.2. The highest BCUT2D eigenvalue weighted by molar-refractivity contribution is 5.93. The fourth-order valence-corrected chi connectivity index (χ4v) is 4.82.